The van der Waals surface area contributed by atoms with Gasteiger partial charge in [0.1, 0.15) is 24.0 Å². The Morgan fingerprint density at radius 1 is 1.39 bits per heavy atom. The molecule has 0 saturated carbocycles. The molecule has 1 N–H and O–H groups in total. The molecule has 3 heterocycles. The molecule has 0 aliphatic carbocycles. The molecule has 1 aliphatic rings. The Labute approximate surface area is 104 Å². The van der Waals surface area contributed by atoms with Gasteiger partial charge < -0.3 is 5.32 Å². The number of pyridine rings is 1. The van der Waals surface area contributed by atoms with Crippen LogP contribution < -0.4 is 5.32 Å². The molecule has 6 heteroatoms. The van der Waals surface area contributed by atoms with Crippen molar-refractivity contribution in [3.05, 3.63) is 36.0 Å². The topological polar surface area (TPSA) is 79.4 Å². The Morgan fingerprint density at radius 3 is 3.11 bits per heavy atom. The number of rotatable bonds is 2. The van der Waals surface area contributed by atoms with E-state index in [0.717, 1.165) is 31.0 Å². The van der Waals surface area contributed by atoms with E-state index in [0.29, 0.717) is 11.6 Å². The fraction of sp³-hybridized carbons (Fsp3) is 0.333. The summed E-state index contributed by atoms with van der Waals surface area (Å²) in [6.45, 7) is 0.803. The second-order valence-electron chi connectivity index (χ2n) is 4.28. The van der Waals surface area contributed by atoms with Crippen LogP contribution in [0.2, 0.25) is 0 Å². The lowest BCUT2D eigenvalue weighted by Gasteiger charge is -2.23. The first-order valence-electron chi connectivity index (χ1n) is 5.84. The molecule has 0 aromatic carbocycles. The largest absolute Gasteiger partial charge is 0.365 e. The average Bonchev–Trinajstić information content (AvgIpc) is 2.87. The molecular weight excluding hydrogens is 228 g/mol. The first-order valence-corrected chi connectivity index (χ1v) is 5.84. The van der Waals surface area contributed by atoms with Crippen molar-refractivity contribution in [3.63, 3.8) is 0 Å². The predicted octanol–water partition coefficient (Wildman–Crippen LogP) is 0.972. The van der Waals surface area contributed by atoms with Crippen molar-refractivity contribution in [3.8, 4) is 6.07 Å². The summed E-state index contributed by atoms with van der Waals surface area (Å²) >= 11 is 0. The van der Waals surface area contributed by atoms with Gasteiger partial charge in [-0.2, -0.15) is 10.4 Å². The van der Waals surface area contributed by atoms with Crippen LogP contribution in [0.5, 0.6) is 0 Å². The molecule has 2 aromatic heterocycles. The van der Waals surface area contributed by atoms with E-state index in [9.17, 15) is 0 Å². The lowest BCUT2D eigenvalue weighted by molar-refractivity contribution is 0.441. The summed E-state index contributed by atoms with van der Waals surface area (Å²) in [7, 11) is 0. The average molecular weight is 240 g/mol. The van der Waals surface area contributed by atoms with Crippen LogP contribution in [0.15, 0.2) is 24.7 Å². The minimum absolute atomic E-state index is 0.305. The van der Waals surface area contributed by atoms with Crippen LogP contribution in [0.3, 0.4) is 0 Å². The van der Waals surface area contributed by atoms with E-state index >= 15 is 0 Å². The van der Waals surface area contributed by atoms with Crippen molar-refractivity contribution >= 4 is 5.82 Å². The zero-order valence-electron chi connectivity index (χ0n) is 9.74. The van der Waals surface area contributed by atoms with Crippen LogP contribution in [0.25, 0.3) is 0 Å². The predicted molar refractivity (Wildman–Crippen MR) is 64.7 cm³/mol. The highest BCUT2D eigenvalue weighted by Gasteiger charge is 2.19. The number of nitrogens with zero attached hydrogens (tertiary/aromatic N) is 5. The van der Waals surface area contributed by atoms with Crippen molar-refractivity contribution in [1.29, 1.82) is 5.26 Å². The van der Waals surface area contributed by atoms with Gasteiger partial charge in [-0.15, -0.1) is 0 Å². The summed E-state index contributed by atoms with van der Waals surface area (Å²) in [5.74, 6) is 1.84. The number of hydrogen-bond donors (Lipinski definition) is 1. The van der Waals surface area contributed by atoms with Gasteiger partial charge >= 0.3 is 0 Å². The van der Waals surface area contributed by atoms with E-state index < -0.39 is 0 Å². The van der Waals surface area contributed by atoms with E-state index in [1.54, 1.807) is 18.6 Å². The Balaban J connectivity index is 1.69. The highest BCUT2D eigenvalue weighted by molar-refractivity contribution is 5.39. The van der Waals surface area contributed by atoms with Crippen LogP contribution in [-0.2, 0) is 13.0 Å². The molecule has 6 nitrogen and oxygen atoms in total. The van der Waals surface area contributed by atoms with Gasteiger partial charge in [0, 0.05) is 18.7 Å². The SMILES string of the molecule is N#Cc1ccc(N[C@H]2CCc3ncnn3C2)nc1. The Hall–Kier alpha value is -2.42. The summed E-state index contributed by atoms with van der Waals surface area (Å²) in [6, 6.07) is 5.95. The van der Waals surface area contributed by atoms with Gasteiger partial charge in [0.2, 0.25) is 0 Å². The van der Waals surface area contributed by atoms with Gasteiger partial charge in [0.25, 0.3) is 0 Å². The van der Waals surface area contributed by atoms with Gasteiger partial charge in [-0.25, -0.2) is 14.6 Å². The van der Waals surface area contributed by atoms with Crippen LogP contribution in [0.1, 0.15) is 17.8 Å². The van der Waals surface area contributed by atoms with Crippen molar-refractivity contribution in [2.45, 2.75) is 25.4 Å². The summed E-state index contributed by atoms with van der Waals surface area (Å²) in [5.41, 5.74) is 0.572. The zero-order valence-corrected chi connectivity index (χ0v) is 9.74. The first kappa shape index (κ1) is 10.7. The van der Waals surface area contributed by atoms with Gasteiger partial charge in [-0.3, -0.25) is 0 Å². The maximum atomic E-state index is 8.71. The molecule has 0 fully saturated rings. The quantitative estimate of drug-likeness (QED) is 0.846. The van der Waals surface area contributed by atoms with Crippen molar-refractivity contribution in [1.82, 2.24) is 19.7 Å². The van der Waals surface area contributed by atoms with E-state index in [2.05, 4.69) is 26.5 Å². The number of nitrogens with one attached hydrogen (secondary N) is 1. The molecule has 3 rings (SSSR count). The fourth-order valence-electron chi connectivity index (χ4n) is 2.11. The highest BCUT2D eigenvalue weighted by atomic mass is 15.3. The molecular formula is C12H12N6. The Morgan fingerprint density at radius 2 is 2.33 bits per heavy atom. The summed E-state index contributed by atoms with van der Waals surface area (Å²) in [5, 5.41) is 16.2. The smallest absolute Gasteiger partial charge is 0.138 e. The van der Waals surface area contributed by atoms with E-state index in [1.165, 1.54) is 0 Å². The van der Waals surface area contributed by atoms with Crippen molar-refractivity contribution < 1.29 is 0 Å². The Bertz CT molecular complexity index is 579. The van der Waals surface area contributed by atoms with Gasteiger partial charge in [0.05, 0.1) is 12.1 Å². The molecule has 0 unspecified atom stereocenters. The number of nitriles is 1. The molecule has 0 bridgehead atoms. The first-order chi connectivity index (χ1) is 8.85. The van der Waals surface area contributed by atoms with Crippen LogP contribution >= 0.6 is 0 Å². The van der Waals surface area contributed by atoms with E-state index in [1.807, 2.05) is 10.7 Å². The molecule has 0 amide bonds. The van der Waals surface area contributed by atoms with Crippen molar-refractivity contribution in [2.24, 2.45) is 0 Å². The minimum atomic E-state index is 0.305. The summed E-state index contributed by atoms with van der Waals surface area (Å²) in [6.07, 6.45) is 5.11. The standard InChI is InChI=1S/C12H12N6/c13-5-9-1-3-11(14-6-9)17-10-2-4-12-15-8-16-18(12)7-10/h1,3,6,8,10H,2,4,7H2,(H,14,17)/t10-/m0/s1. The monoisotopic (exact) mass is 240 g/mol. The highest BCUT2D eigenvalue weighted by Crippen LogP contribution is 2.15. The van der Waals surface area contributed by atoms with Gasteiger partial charge in [-0.1, -0.05) is 0 Å². The number of hydrogen-bond acceptors (Lipinski definition) is 5. The fourth-order valence-corrected chi connectivity index (χ4v) is 2.11. The second-order valence-corrected chi connectivity index (χ2v) is 4.28. The molecule has 0 radical (unpaired) electrons. The molecule has 0 saturated heterocycles. The zero-order chi connectivity index (χ0) is 12.4. The summed E-state index contributed by atoms with van der Waals surface area (Å²) in [4.78, 5) is 8.40. The van der Waals surface area contributed by atoms with Crippen LogP contribution in [0.4, 0.5) is 5.82 Å². The second kappa shape index (κ2) is 4.45. The van der Waals surface area contributed by atoms with Gasteiger partial charge in [0.15, 0.2) is 0 Å². The molecule has 1 aliphatic heterocycles. The van der Waals surface area contributed by atoms with Crippen molar-refractivity contribution in [2.75, 3.05) is 5.32 Å². The third-order valence-electron chi connectivity index (χ3n) is 3.05. The van der Waals surface area contributed by atoms with Crippen LogP contribution in [0, 0.1) is 11.3 Å². The van der Waals surface area contributed by atoms with Crippen LogP contribution in [-0.4, -0.2) is 25.8 Å². The lowest BCUT2D eigenvalue weighted by Crippen LogP contribution is -2.32. The van der Waals surface area contributed by atoms with Gasteiger partial charge in [-0.05, 0) is 18.6 Å². The minimum Gasteiger partial charge on any atom is -0.365 e. The maximum Gasteiger partial charge on any atom is 0.138 e. The number of aryl methyl sites for hydroxylation is 1. The third-order valence-corrected chi connectivity index (χ3v) is 3.05. The maximum absolute atomic E-state index is 8.71. The molecule has 0 spiro atoms. The number of aromatic nitrogens is 4. The molecule has 1 atom stereocenters. The molecule has 90 valence electrons. The third kappa shape index (κ3) is 2.02. The van der Waals surface area contributed by atoms with E-state index in [4.69, 9.17) is 5.26 Å². The van der Waals surface area contributed by atoms with E-state index in [-0.39, 0.29) is 0 Å². The summed E-state index contributed by atoms with van der Waals surface area (Å²) < 4.78 is 1.92. The molecule has 18 heavy (non-hydrogen) atoms. The lowest BCUT2D eigenvalue weighted by atomic mass is 10.1. The Kier molecular flexibility index (Phi) is 2.65. The normalized spacial score (nSPS) is 17.8. The molecule has 2 aromatic rings. The number of fused-ring (bicyclic) bond motifs is 1. The number of anilines is 1.